The molecule has 1 saturated carbocycles. The average molecular weight is 303 g/mol. The molecule has 0 amide bonds. The Bertz CT molecular complexity index is 459. The molecule has 1 aliphatic rings. The predicted molar refractivity (Wildman–Crippen MR) is 77.8 cm³/mol. The number of benzene rings is 1. The second-order valence-corrected chi connectivity index (χ2v) is 6.77. The molecule has 0 aliphatic heterocycles. The molecule has 0 bridgehead atoms. The van der Waals surface area contributed by atoms with E-state index in [4.69, 9.17) is 5.73 Å². The van der Waals surface area contributed by atoms with E-state index in [9.17, 15) is 13.2 Å². The van der Waals surface area contributed by atoms with Crippen LogP contribution in [-0.2, 0) is 6.18 Å². The molecule has 2 atom stereocenters. The van der Waals surface area contributed by atoms with E-state index in [1.54, 1.807) is 11.8 Å². The molecule has 1 aromatic carbocycles. The SMILES string of the molecule is CCC1CCCC(Sc2ccc(C(F)(F)F)cc2N)C1. The number of hydrogen-bond donors (Lipinski definition) is 1. The number of nitrogen functional groups attached to an aromatic ring is 1. The maximum absolute atomic E-state index is 12.6. The first-order valence-corrected chi connectivity index (χ1v) is 7.91. The van der Waals surface area contributed by atoms with Crippen molar-refractivity contribution in [3.05, 3.63) is 23.8 Å². The molecule has 2 N–H and O–H groups in total. The summed E-state index contributed by atoms with van der Waals surface area (Å²) in [5.74, 6) is 0.747. The maximum atomic E-state index is 12.6. The first kappa shape index (κ1) is 15.5. The number of nitrogens with two attached hydrogens (primary N) is 1. The molecule has 0 aromatic heterocycles. The summed E-state index contributed by atoms with van der Waals surface area (Å²) in [6.07, 6.45) is 1.60. The minimum atomic E-state index is -4.32. The Morgan fingerprint density at radius 3 is 2.65 bits per heavy atom. The molecule has 5 heteroatoms. The Hall–Kier alpha value is -0.840. The smallest absolute Gasteiger partial charge is 0.398 e. The van der Waals surface area contributed by atoms with Crippen molar-refractivity contribution < 1.29 is 13.2 Å². The van der Waals surface area contributed by atoms with Gasteiger partial charge in [0, 0.05) is 15.8 Å². The summed E-state index contributed by atoms with van der Waals surface area (Å²) in [5, 5.41) is 0.479. The third-order valence-electron chi connectivity index (χ3n) is 3.94. The van der Waals surface area contributed by atoms with Gasteiger partial charge in [0.15, 0.2) is 0 Å². The van der Waals surface area contributed by atoms with Crippen LogP contribution in [0.2, 0.25) is 0 Å². The van der Waals surface area contributed by atoms with Gasteiger partial charge >= 0.3 is 6.18 Å². The lowest BCUT2D eigenvalue weighted by Gasteiger charge is -2.28. The Kier molecular flexibility index (Phi) is 4.89. The van der Waals surface area contributed by atoms with Crippen molar-refractivity contribution in [1.29, 1.82) is 0 Å². The molecule has 1 aromatic rings. The zero-order valence-corrected chi connectivity index (χ0v) is 12.4. The number of hydrogen-bond acceptors (Lipinski definition) is 2. The quantitative estimate of drug-likeness (QED) is 0.762. The van der Waals surface area contributed by atoms with Gasteiger partial charge in [-0.25, -0.2) is 0 Å². The normalized spacial score (nSPS) is 23.8. The van der Waals surface area contributed by atoms with Crippen LogP contribution < -0.4 is 5.73 Å². The van der Waals surface area contributed by atoms with Crippen LogP contribution in [0, 0.1) is 5.92 Å². The van der Waals surface area contributed by atoms with Crippen LogP contribution in [0.25, 0.3) is 0 Å². The molecule has 0 heterocycles. The summed E-state index contributed by atoms with van der Waals surface area (Å²) >= 11 is 1.64. The van der Waals surface area contributed by atoms with Gasteiger partial charge in [0.2, 0.25) is 0 Å². The highest BCUT2D eigenvalue weighted by Crippen LogP contribution is 2.40. The highest BCUT2D eigenvalue weighted by molar-refractivity contribution is 8.00. The van der Waals surface area contributed by atoms with Gasteiger partial charge in [0.1, 0.15) is 0 Å². The maximum Gasteiger partial charge on any atom is 0.416 e. The highest BCUT2D eigenvalue weighted by Gasteiger charge is 2.31. The van der Waals surface area contributed by atoms with E-state index in [0.717, 1.165) is 35.8 Å². The summed E-state index contributed by atoms with van der Waals surface area (Å²) in [4.78, 5) is 0.778. The van der Waals surface area contributed by atoms with Gasteiger partial charge in [-0.3, -0.25) is 0 Å². The first-order valence-electron chi connectivity index (χ1n) is 7.03. The van der Waals surface area contributed by atoms with Crippen molar-refractivity contribution in [2.24, 2.45) is 5.92 Å². The summed E-state index contributed by atoms with van der Waals surface area (Å²) in [5.41, 5.74) is 5.35. The van der Waals surface area contributed by atoms with E-state index in [0.29, 0.717) is 5.25 Å². The van der Waals surface area contributed by atoms with Crippen molar-refractivity contribution in [2.75, 3.05) is 5.73 Å². The van der Waals surface area contributed by atoms with Gasteiger partial charge in [-0.05, 0) is 37.0 Å². The standard InChI is InChI=1S/C15H20F3NS/c1-2-10-4-3-5-12(8-10)20-14-7-6-11(9-13(14)19)15(16,17)18/h6-7,9-10,12H,2-5,8,19H2,1H3. The molecule has 0 radical (unpaired) electrons. The highest BCUT2D eigenvalue weighted by atomic mass is 32.2. The minimum absolute atomic E-state index is 0.239. The lowest BCUT2D eigenvalue weighted by atomic mass is 9.87. The lowest BCUT2D eigenvalue weighted by molar-refractivity contribution is -0.137. The summed E-state index contributed by atoms with van der Waals surface area (Å²) in [6, 6.07) is 3.68. The van der Waals surface area contributed by atoms with Crippen LogP contribution in [0.15, 0.2) is 23.1 Å². The molecule has 112 valence electrons. The lowest BCUT2D eigenvalue weighted by Crippen LogP contribution is -2.17. The van der Waals surface area contributed by atoms with E-state index in [1.165, 1.54) is 25.3 Å². The molecule has 2 rings (SSSR count). The van der Waals surface area contributed by atoms with Crippen LogP contribution in [0.3, 0.4) is 0 Å². The summed E-state index contributed by atoms with van der Waals surface area (Å²) in [6.45, 7) is 2.20. The van der Waals surface area contributed by atoms with Gasteiger partial charge in [0.05, 0.1) is 5.56 Å². The number of halogens is 3. The molecule has 1 fully saturated rings. The van der Waals surface area contributed by atoms with Gasteiger partial charge < -0.3 is 5.73 Å². The average Bonchev–Trinajstić information content (AvgIpc) is 2.40. The van der Waals surface area contributed by atoms with Crippen LogP contribution in [-0.4, -0.2) is 5.25 Å². The monoisotopic (exact) mass is 303 g/mol. The van der Waals surface area contributed by atoms with Crippen molar-refractivity contribution in [3.8, 4) is 0 Å². The number of alkyl halides is 3. The third kappa shape index (κ3) is 3.84. The van der Waals surface area contributed by atoms with Crippen LogP contribution >= 0.6 is 11.8 Å². The summed E-state index contributed by atoms with van der Waals surface area (Å²) in [7, 11) is 0. The molecule has 0 spiro atoms. The molecule has 2 unspecified atom stereocenters. The topological polar surface area (TPSA) is 26.0 Å². The third-order valence-corrected chi connectivity index (χ3v) is 5.33. The number of thioether (sulfide) groups is 1. The van der Waals surface area contributed by atoms with E-state index < -0.39 is 11.7 Å². The fourth-order valence-electron chi connectivity index (χ4n) is 2.73. The van der Waals surface area contributed by atoms with Crippen LogP contribution in [0.1, 0.15) is 44.6 Å². The summed E-state index contributed by atoms with van der Waals surface area (Å²) < 4.78 is 37.8. The van der Waals surface area contributed by atoms with Gasteiger partial charge in [-0.15, -0.1) is 11.8 Å². The zero-order valence-electron chi connectivity index (χ0n) is 11.5. The molecule has 0 saturated heterocycles. The van der Waals surface area contributed by atoms with E-state index >= 15 is 0 Å². The number of anilines is 1. The predicted octanol–water partition coefficient (Wildman–Crippen LogP) is 5.35. The molecule has 20 heavy (non-hydrogen) atoms. The fourth-order valence-corrected chi connectivity index (χ4v) is 4.08. The van der Waals surface area contributed by atoms with Crippen LogP contribution in [0.4, 0.5) is 18.9 Å². The minimum Gasteiger partial charge on any atom is -0.398 e. The largest absolute Gasteiger partial charge is 0.416 e. The fraction of sp³-hybridized carbons (Fsp3) is 0.600. The van der Waals surface area contributed by atoms with Crippen molar-refractivity contribution >= 4 is 17.4 Å². The molecule has 1 aliphatic carbocycles. The molecular formula is C15H20F3NS. The van der Waals surface area contributed by atoms with Gasteiger partial charge in [0.25, 0.3) is 0 Å². The second kappa shape index (κ2) is 6.29. The van der Waals surface area contributed by atoms with Gasteiger partial charge in [-0.1, -0.05) is 26.2 Å². The van der Waals surface area contributed by atoms with Crippen LogP contribution in [0.5, 0.6) is 0 Å². The Morgan fingerprint density at radius 2 is 2.05 bits per heavy atom. The molecule has 1 nitrogen and oxygen atoms in total. The second-order valence-electron chi connectivity index (χ2n) is 5.43. The Morgan fingerprint density at radius 1 is 1.30 bits per heavy atom. The van der Waals surface area contributed by atoms with E-state index in [-0.39, 0.29) is 5.69 Å². The van der Waals surface area contributed by atoms with E-state index in [1.807, 2.05) is 0 Å². The van der Waals surface area contributed by atoms with E-state index in [2.05, 4.69) is 6.92 Å². The van der Waals surface area contributed by atoms with Gasteiger partial charge in [-0.2, -0.15) is 13.2 Å². The number of rotatable bonds is 3. The zero-order chi connectivity index (χ0) is 14.8. The van der Waals surface area contributed by atoms with Crippen molar-refractivity contribution in [3.63, 3.8) is 0 Å². The first-order chi connectivity index (χ1) is 9.40. The van der Waals surface area contributed by atoms with Crippen molar-refractivity contribution in [1.82, 2.24) is 0 Å². The Labute approximate surface area is 122 Å². The Balaban J connectivity index is 2.06. The van der Waals surface area contributed by atoms with Crippen molar-refractivity contribution in [2.45, 2.75) is 55.3 Å². The molecular weight excluding hydrogens is 283 g/mol.